The van der Waals surface area contributed by atoms with E-state index in [0.29, 0.717) is 12.1 Å². The van der Waals surface area contributed by atoms with Crippen LogP contribution >= 0.6 is 0 Å². The largest absolute Gasteiger partial charge is 0.372 e. The number of hydrogen-bond donors (Lipinski definition) is 1. The predicted octanol–water partition coefficient (Wildman–Crippen LogP) is 3.22. The lowest BCUT2D eigenvalue weighted by atomic mass is 10.1. The molecular formula is C18H20N2O. The second kappa shape index (κ2) is 6.44. The minimum Gasteiger partial charge on any atom is -0.372 e. The molecule has 0 bridgehead atoms. The highest BCUT2D eigenvalue weighted by Gasteiger charge is 2.12. The molecule has 3 nitrogen and oxygen atoms in total. The van der Waals surface area contributed by atoms with Crippen molar-refractivity contribution in [1.29, 1.82) is 0 Å². The van der Waals surface area contributed by atoms with Crippen LogP contribution in [0.25, 0.3) is 0 Å². The molecule has 1 heterocycles. The summed E-state index contributed by atoms with van der Waals surface area (Å²) in [4.78, 5) is 14.4. The Morgan fingerprint density at radius 3 is 2.52 bits per heavy atom. The lowest BCUT2D eigenvalue weighted by Crippen LogP contribution is -2.23. The van der Waals surface area contributed by atoms with Gasteiger partial charge < -0.3 is 10.2 Å². The Hall–Kier alpha value is -2.29. The van der Waals surface area contributed by atoms with Gasteiger partial charge in [0.25, 0.3) is 5.91 Å². The topological polar surface area (TPSA) is 32.3 Å². The van der Waals surface area contributed by atoms with Crippen molar-refractivity contribution in [2.45, 2.75) is 19.4 Å². The van der Waals surface area contributed by atoms with E-state index < -0.39 is 0 Å². The van der Waals surface area contributed by atoms with Crippen molar-refractivity contribution < 1.29 is 4.79 Å². The molecule has 0 atom stereocenters. The Balaban J connectivity index is 1.63. The van der Waals surface area contributed by atoms with Crippen LogP contribution < -0.4 is 10.2 Å². The number of nitrogens with one attached hydrogen (secondary N) is 1. The standard InChI is InChI=1S/C18H20N2O/c21-18(16-8-2-1-3-9-16)19-14-15-7-6-10-17(13-15)20-11-4-5-12-20/h1-3,6-10,13H,4-5,11-12,14H2,(H,19,21). The highest BCUT2D eigenvalue weighted by Crippen LogP contribution is 2.21. The summed E-state index contributed by atoms with van der Waals surface area (Å²) in [6.45, 7) is 2.84. The van der Waals surface area contributed by atoms with Gasteiger partial charge in [-0.25, -0.2) is 0 Å². The Kier molecular flexibility index (Phi) is 4.20. The van der Waals surface area contributed by atoms with Gasteiger partial charge in [-0.2, -0.15) is 0 Å². The van der Waals surface area contributed by atoms with E-state index in [1.54, 1.807) is 0 Å². The van der Waals surface area contributed by atoms with Crippen molar-refractivity contribution in [2.75, 3.05) is 18.0 Å². The minimum absolute atomic E-state index is 0.0258. The van der Waals surface area contributed by atoms with E-state index in [4.69, 9.17) is 0 Å². The number of anilines is 1. The van der Waals surface area contributed by atoms with Gasteiger partial charge in [-0.15, -0.1) is 0 Å². The highest BCUT2D eigenvalue weighted by molar-refractivity contribution is 5.94. The van der Waals surface area contributed by atoms with E-state index in [9.17, 15) is 4.79 Å². The molecule has 2 aromatic carbocycles. The normalized spacial score (nSPS) is 14.2. The van der Waals surface area contributed by atoms with Crippen LogP contribution in [0.5, 0.6) is 0 Å². The molecule has 1 N–H and O–H groups in total. The summed E-state index contributed by atoms with van der Waals surface area (Å²) in [5.74, 6) is -0.0258. The molecule has 108 valence electrons. The van der Waals surface area contributed by atoms with E-state index in [-0.39, 0.29) is 5.91 Å². The molecule has 0 radical (unpaired) electrons. The number of benzene rings is 2. The van der Waals surface area contributed by atoms with Gasteiger partial charge >= 0.3 is 0 Å². The van der Waals surface area contributed by atoms with E-state index in [0.717, 1.165) is 18.7 Å². The van der Waals surface area contributed by atoms with Crippen molar-refractivity contribution in [3.05, 3.63) is 65.7 Å². The molecule has 3 rings (SSSR count). The summed E-state index contributed by atoms with van der Waals surface area (Å²) in [6, 6.07) is 17.8. The van der Waals surface area contributed by atoms with Crippen molar-refractivity contribution >= 4 is 11.6 Å². The number of carbonyl (C=O) groups excluding carboxylic acids is 1. The fourth-order valence-electron chi connectivity index (χ4n) is 2.71. The maximum absolute atomic E-state index is 12.0. The quantitative estimate of drug-likeness (QED) is 0.932. The molecule has 1 aliphatic heterocycles. The summed E-state index contributed by atoms with van der Waals surface area (Å²) in [6.07, 6.45) is 2.55. The minimum atomic E-state index is -0.0258. The first-order valence-corrected chi connectivity index (χ1v) is 7.50. The van der Waals surface area contributed by atoms with Crippen LogP contribution in [0.15, 0.2) is 54.6 Å². The third-order valence-electron chi connectivity index (χ3n) is 3.87. The summed E-state index contributed by atoms with van der Waals surface area (Å²) in [5.41, 5.74) is 3.11. The maximum Gasteiger partial charge on any atom is 0.251 e. The molecule has 1 fully saturated rings. The van der Waals surface area contributed by atoms with Crippen LogP contribution in [-0.2, 0) is 6.54 Å². The zero-order valence-corrected chi connectivity index (χ0v) is 12.1. The molecule has 2 aromatic rings. The first-order valence-electron chi connectivity index (χ1n) is 7.50. The van der Waals surface area contributed by atoms with Crippen molar-refractivity contribution in [3.63, 3.8) is 0 Å². The predicted molar refractivity (Wildman–Crippen MR) is 85.5 cm³/mol. The highest BCUT2D eigenvalue weighted by atomic mass is 16.1. The van der Waals surface area contributed by atoms with E-state index in [1.165, 1.54) is 18.5 Å². The summed E-state index contributed by atoms with van der Waals surface area (Å²) in [7, 11) is 0. The average Bonchev–Trinajstić information content (AvgIpc) is 3.08. The molecule has 1 amide bonds. The average molecular weight is 280 g/mol. The molecule has 1 saturated heterocycles. The number of hydrogen-bond acceptors (Lipinski definition) is 2. The van der Waals surface area contributed by atoms with E-state index in [2.05, 4.69) is 34.5 Å². The number of rotatable bonds is 4. The smallest absolute Gasteiger partial charge is 0.251 e. The zero-order valence-electron chi connectivity index (χ0n) is 12.1. The van der Waals surface area contributed by atoms with Crippen LogP contribution in [0.2, 0.25) is 0 Å². The van der Waals surface area contributed by atoms with Crippen molar-refractivity contribution in [3.8, 4) is 0 Å². The fourth-order valence-corrected chi connectivity index (χ4v) is 2.71. The second-order valence-corrected chi connectivity index (χ2v) is 5.41. The van der Waals surface area contributed by atoms with Gasteiger partial charge in [0.15, 0.2) is 0 Å². The van der Waals surface area contributed by atoms with Gasteiger partial charge in [0, 0.05) is 30.9 Å². The summed E-state index contributed by atoms with van der Waals surface area (Å²) in [5, 5.41) is 2.98. The monoisotopic (exact) mass is 280 g/mol. The Bertz CT molecular complexity index is 604. The van der Waals surface area contributed by atoms with Crippen molar-refractivity contribution in [1.82, 2.24) is 5.32 Å². The first kappa shape index (κ1) is 13.7. The van der Waals surface area contributed by atoms with Crippen LogP contribution in [0, 0.1) is 0 Å². The third-order valence-corrected chi connectivity index (χ3v) is 3.87. The molecule has 0 spiro atoms. The number of carbonyl (C=O) groups is 1. The van der Waals surface area contributed by atoms with Gasteiger partial charge in [0.1, 0.15) is 0 Å². The van der Waals surface area contributed by atoms with Gasteiger partial charge in [-0.1, -0.05) is 30.3 Å². The summed E-state index contributed by atoms with van der Waals surface area (Å²) >= 11 is 0. The van der Waals surface area contributed by atoms with Crippen LogP contribution in [0.3, 0.4) is 0 Å². The fraction of sp³-hybridized carbons (Fsp3) is 0.278. The van der Waals surface area contributed by atoms with Crippen molar-refractivity contribution in [2.24, 2.45) is 0 Å². The zero-order chi connectivity index (χ0) is 14.5. The lowest BCUT2D eigenvalue weighted by molar-refractivity contribution is 0.0951. The molecule has 0 aromatic heterocycles. The second-order valence-electron chi connectivity index (χ2n) is 5.41. The molecule has 0 unspecified atom stereocenters. The molecule has 0 saturated carbocycles. The number of amides is 1. The van der Waals surface area contributed by atoms with E-state index >= 15 is 0 Å². The Morgan fingerprint density at radius 2 is 1.76 bits per heavy atom. The molecule has 21 heavy (non-hydrogen) atoms. The third kappa shape index (κ3) is 3.43. The Morgan fingerprint density at radius 1 is 1.00 bits per heavy atom. The molecular weight excluding hydrogens is 260 g/mol. The van der Waals surface area contributed by atoms with Crippen LogP contribution in [0.1, 0.15) is 28.8 Å². The van der Waals surface area contributed by atoms with Crippen LogP contribution in [-0.4, -0.2) is 19.0 Å². The van der Waals surface area contributed by atoms with Gasteiger partial charge in [0.2, 0.25) is 0 Å². The SMILES string of the molecule is O=C(NCc1cccc(N2CCCC2)c1)c1ccccc1. The molecule has 1 aliphatic rings. The van der Waals surface area contributed by atoms with Crippen LogP contribution in [0.4, 0.5) is 5.69 Å². The first-order chi connectivity index (χ1) is 10.3. The van der Waals surface area contributed by atoms with Gasteiger partial charge in [0.05, 0.1) is 0 Å². The molecule has 3 heteroatoms. The number of nitrogens with zero attached hydrogens (tertiary/aromatic N) is 1. The van der Waals surface area contributed by atoms with E-state index in [1.807, 2.05) is 30.3 Å². The molecule has 0 aliphatic carbocycles. The lowest BCUT2D eigenvalue weighted by Gasteiger charge is -2.18. The van der Waals surface area contributed by atoms with Gasteiger partial charge in [-0.3, -0.25) is 4.79 Å². The summed E-state index contributed by atoms with van der Waals surface area (Å²) < 4.78 is 0. The maximum atomic E-state index is 12.0. The van der Waals surface area contributed by atoms with Gasteiger partial charge in [-0.05, 0) is 42.7 Å². The Labute approximate surface area is 125 Å².